The van der Waals surface area contributed by atoms with Gasteiger partial charge in [0.15, 0.2) is 5.82 Å². The van der Waals surface area contributed by atoms with Crippen LogP contribution < -0.4 is 10.6 Å². The van der Waals surface area contributed by atoms with Gasteiger partial charge in [-0.1, -0.05) is 6.92 Å². The molecule has 3 saturated carbocycles. The third kappa shape index (κ3) is 2.68. The first kappa shape index (κ1) is 17.4. The second kappa shape index (κ2) is 6.28. The highest BCUT2D eigenvalue weighted by atomic mass is 16.4. The van der Waals surface area contributed by atoms with E-state index in [-0.39, 0.29) is 11.5 Å². The largest absolute Gasteiger partial charge is 0.481 e. The fraction of sp³-hybridized carbons (Fsp3) is 0.737. The Kier molecular flexibility index (Phi) is 4.20. The molecule has 1 unspecified atom stereocenters. The maximum Gasteiger partial charge on any atom is 0.309 e. The van der Waals surface area contributed by atoms with Gasteiger partial charge in [0.2, 0.25) is 0 Å². The van der Waals surface area contributed by atoms with Crippen LogP contribution in [0.2, 0.25) is 0 Å². The summed E-state index contributed by atoms with van der Waals surface area (Å²) in [4.78, 5) is 24.9. The Morgan fingerprint density at radius 1 is 1.27 bits per heavy atom. The Bertz CT molecular complexity index is 714. The van der Waals surface area contributed by atoms with Crippen molar-refractivity contribution in [3.8, 4) is 0 Å². The van der Waals surface area contributed by atoms with Gasteiger partial charge in [0.05, 0.1) is 11.5 Å². The Morgan fingerprint density at radius 2 is 1.96 bits per heavy atom. The van der Waals surface area contributed by atoms with E-state index in [2.05, 4.69) is 29.5 Å². The third-order valence-electron chi connectivity index (χ3n) is 6.60. The molecule has 1 atom stereocenters. The number of hydrogen-bond donors (Lipinski definition) is 4. The lowest BCUT2D eigenvalue weighted by atomic mass is 9.53. The highest BCUT2D eigenvalue weighted by molar-refractivity contribution is 6.02. The maximum atomic E-state index is 11.7. The van der Waals surface area contributed by atoms with Crippen molar-refractivity contribution in [1.82, 2.24) is 15.3 Å². The van der Waals surface area contributed by atoms with Crippen LogP contribution in [0, 0.1) is 5.41 Å². The molecular weight excluding hydrogens is 330 g/mol. The lowest BCUT2D eigenvalue weighted by Crippen LogP contribution is -2.48. The summed E-state index contributed by atoms with van der Waals surface area (Å²) in [6.45, 7) is 5.96. The molecule has 2 heterocycles. The first-order chi connectivity index (χ1) is 12.5. The topological polar surface area (TPSA) is 102 Å². The van der Waals surface area contributed by atoms with E-state index in [9.17, 15) is 9.90 Å². The second-order valence-electron chi connectivity index (χ2n) is 8.31. The number of aliphatic carboxylic acids is 1. The predicted molar refractivity (Wildman–Crippen MR) is 101 cm³/mol. The summed E-state index contributed by atoms with van der Waals surface area (Å²) < 4.78 is 0. The summed E-state index contributed by atoms with van der Waals surface area (Å²) in [5, 5.41) is 16.4. The lowest BCUT2D eigenvalue weighted by molar-refractivity contribution is -0.156. The maximum absolute atomic E-state index is 11.7. The van der Waals surface area contributed by atoms with E-state index in [1.807, 2.05) is 0 Å². The van der Waals surface area contributed by atoms with E-state index in [0.29, 0.717) is 0 Å². The van der Waals surface area contributed by atoms with Crippen LogP contribution in [0.5, 0.6) is 0 Å². The van der Waals surface area contributed by atoms with E-state index >= 15 is 0 Å². The molecule has 1 aromatic heterocycles. The first-order valence-electron chi connectivity index (χ1n) is 9.88. The second-order valence-corrected chi connectivity index (χ2v) is 8.31. The van der Waals surface area contributed by atoms with Crippen LogP contribution in [0.15, 0.2) is 4.99 Å². The van der Waals surface area contributed by atoms with E-state index in [0.717, 1.165) is 81.2 Å². The molecule has 0 aromatic carbocycles. The van der Waals surface area contributed by atoms with Crippen molar-refractivity contribution in [3.05, 3.63) is 11.5 Å². The zero-order chi connectivity index (χ0) is 18.4. The van der Waals surface area contributed by atoms with Crippen molar-refractivity contribution >= 4 is 17.6 Å². The monoisotopic (exact) mass is 359 g/mol. The van der Waals surface area contributed by atoms with Gasteiger partial charge in [-0.25, -0.2) is 4.98 Å². The molecule has 3 aliphatic carbocycles. The molecule has 7 heteroatoms. The molecule has 0 amide bonds. The van der Waals surface area contributed by atoms with Crippen molar-refractivity contribution in [1.29, 1.82) is 0 Å². The number of nitrogens with one attached hydrogen (secondary N) is 3. The van der Waals surface area contributed by atoms with Crippen molar-refractivity contribution < 1.29 is 9.90 Å². The number of hydrogen-bond acceptors (Lipinski definition) is 5. The Labute approximate surface area is 154 Å². The fourth-order valence-electron chi connectivity index (χ4n) is 4.74. The molecule has 4 aliphatic rings. The number of amidine groups is 1. The number of imidazole rings is 1. The molecule has 3 fully saturated rings. The highest BCUT2D eigenvalue weighted by Gasteiger charge is 2.54. The first-order valence-corrected chi connectivity index (χ1v) is 9.88. The van der Waals surface area contributed by atoms with Gasteiger partial charge in [-0.3, -0.25) is 9.79 Å². The molecule has 1 aliphatic heterocycles. The Morgan fingerprint density at radius 3 is 2.50 bits per heavy atom. The fourth-order valence-corrected chi connectivity index (χ4v) is 4.74. The summed E-state index contributed by atoms with van der Waals surface area (Å²) >= 11 is 0. The van der Waals surface area contributed by atoms with Crippen molar-refractivity contribution in [2.45, 2.75) is 70.3 Å². The van der Waals surface area contributed by atoms with Crippen LogP contribution in [0.25, 0.3) is 0 Å². The summed E-state index contributed by atoms with van der Waals surface area (Å²) in [5.74, 6) is 2.15. The van der Waals surface area contributed by atoms with Crippen LogP contribution in [-0.4, -0.2) is 46.0 Å². The number of H-pyrrole nitrogens is 1. The molecule has 1 aromatic rings. The molecule has 2 bridgehead atoms. The quantitative estimate of drug-likeness (QED) is 0.625. The summed E-state index contributed by atoms with van der Waals surface area (Å²) in [6.07, 6.45) is 6.00. The van der Waals surface area contributed by atoms with Gasteiger partial charge in [-0.2, -0.15) is 0 Å². The lowest BCUT2D eigenvalue weighted by Gasteiger charge is -2.50. The van der Waals surface area contributed by atoms with Crippen molar-refractivity contribution in [3.63, 3.8) is 0 Å². The van der Waals surface area contributed by atoms with E-state index in [1.165, 1.54) is 0 Å². The molecule has 0 saturated heterocycles. The SMILES string of the molecule is CCCNc1nc(C23CCC(C(=O)O)(CC2)CC3)[nH]c1C1=NC(C)CN1. The minimum absolute atomic E-state index is 0.0110. The smallest absolute Gasteiger partial charge is 0.309 e. The van der Waals surface area contributed by atoms with Gasteiger partial charge >= 0.3 is 5.97 Å². The van der Waals surface area contributed by atoms with Gasteiger partial charge < -0.3 is 20.7 Å². The van der Waals surface area contributed by atoms with Crippen LogP contribution >= 0.6 is 0 Å². The third-order valence-corrected chi connectivity index (χ3v) is 6.60. The van der Waals surface area contributed by atoms with Gasteiger partial charge in [-0.05, 0) is 51.9 Å². The summed E-state index contributed by atoms with van der Waals surface area (Å²) in [6, 6.07) is 0.273. The number of carbonyl (C=O) groups is 1. The van der Waals surface area contributed by atoms with E-state index in [1.54, 1.807) is 0 Å². The standard InChI is InChI=1S/C19H29N5O2/c1-3-10-20-14-13(15-21-11-12(2)22-15)23-16(24-14)18-4-7-19(8-5-18,9-6-18)17(25)26/h12,20H,3-11H2,1-2H3,(H,21,22)(H,23,24)(H,25,26). The number of anilines is 1. The van der Waals surface area contributed by atoms with Crippen LogP contribution in [-0.2, 0) is 10.2 Å². The summed E-state index contributed by atoms with van der Waals surface area (Å²) in [5.41, 5.74) is 0.448. The highest BCUT2D eigenvalue weighted by Crippen LogP contribution is 2.57. The molecule has 26 heavy (non-hydrogen) atoms. The average Bonchev–Trinajstić information content (AvgIpc) is 3.28. The van der Waals surface area contributed by atoms with Crippen molar-refractivity contribution in [2.24, 2.45) is 10.4 Å². The van der Waals surface area contributed by atoms with E-state index < -0.39 is 11.4 Å². The number of aliphatic imine (C=N–C) groups is 1. The average molecular weight is 359 g/mol. The molecule has 0 spiro atoms. The Balaban J connectivity index is 1.64. The molecule has 7 nitrogen and oxygen atoms in total. The number of aromatic nitrogens is 2. The van der Waals surface area contributed by atoms with Crippen LogP contribution in [0.4, 0.5) is 5.82 Å². The number of rotatable bonds is 6. The van der Waals surface area contributed by atoms with Crippen molar-refractivity contribution in [2.75, 3.05) is 18.4 Å². The van der Waals surface area contributed by atoms with Gasteiger partial charge in [-0.15, -0.1) is 0 Å². The minimum Gasteiger partial charge on any atom is -0.481 e. The zero-order valence-electron chi connectivity index (χ0n) is 15.7. The number of carboxylic acid groups (broad SMARTS) is 1. The number of nitrogens with zero attached hydrogens (tertiary/aromatic N) is 2. The predicted octanol–water partition coefficient (Wildman–Crippen LogP) is 2.65. The van der Waals surface area contributed by atoms with Gasteiger partial charge in [0, 0.05) is 18.5 Å². The molecule has 0 radical (unpaired) electrons. The summed E-state index contributed by atoms with van der Waals surface area (Å²) in [7, 11) is 0. The molecular formula is C19H29N5O2. The number of fused-ring (bicyclic) bond motifs is 3. The zero-order valence-corrected chi connectivity index (χ0v) is 15.7. The van der Waals surface area contributed by atoms with Gasteiger partial charge in [0.25, 0.3) is 0 Å². The van der Waals surface area contributed by atoms with Crippen LogP contribution in [0.1, 0.15) is 70.3 Å². The minimum atomic E-state index is -0.616. The molecule has 142 valence electrons. The van der Waals surface area contributed by atoms with Gasteiger partial charge in [0.1, 0.15) is 17.4 Å². The molecule has 4 N–H and O–H groups in total. The molecule has 5 rings (SSSR count). The number of carboxylic acids is 1. The normalized spacial score (nSPS) is 33.0. The number of aromatic amines is 1. The Hall–Kier alpha value is -2.05. The van der Waals surface area contributed by atoms with Crippen LogP contribution in [0.3, 0.4) is 0 Å². The van der Waals surface area contributed by atoms with E-state index in [4.69, 9.17) is 9.98 Å².